The quantitative estimate of drug-likeness (QED) is 0.518. The number of benzene rings is 1. The summed E-state index contributed by atoms with van der Waals surface area (Å²) in [5, 5.41) is 19.3. The van der Waals surface area contributed by atoms with Gasteiger partial charge in [-0.1, -0.05) is 0 Å². The second-order valence-electron chi connectivity index (χ2n) is 7.98. The topological polar surface area (TPSA) is 112 Å². The fraction of sp³-hybridized carbons (Fsp3) is 0.600. The minimum atomic E-state index is -0.713. The van der Waals surface area contributed by atoms with Crippen LogP contribution in [0.15, 0.2) is 18.2 Å². The summed E-state index contributed by atoms with van der Waals surface area (Å²) in [5.74, 6) is -1.75. The zero-order valence-electron chi connectivity index (χ0n) is 17.2. The smallest absolute Gasteiger partial charge is 0.414 e. The molecule has 1 aromatic rings. The predicted octanol–water partition coefficient (Wildman–Crippen LogP) is 1.09. The first-order chi connectivity index (χ1) is 14.8. The van der Waals surface area contributed by atoms with Gasteiger partial charge in [0, 0.05) is 32.9 Å². The van der Waals surface area contributed by atoms with E-state index in [9.17, 15) is 24.3 Å². The normalized spacial score (nSPS) is 25.2. The Morgan fingerprint density at radius 2 is 2.06 bits per heavy atom. The first kappa shape index (κ1) is 21.8. The molecule has 1 unspecified atom stereocenters. The number of carbonyl (C=O) groups excluding carboxylic acids is 2. The summed E-state index contributed by atoms with van der Waals surface area (Å²) in [7, 11) is 0. The first-order valence-electron chi connectivity index (χ1n) is 10.2. The van der Waals surface area contributed by atoms with Crippen molar-refractivity contribution in [1.82, 2.24) is 5.06 Å². The van der Waals surface area contributed by atoms with E-state index in [1.165, 1.54) is 17.9 Å². The molecular formula is C20H26FN3O7. The van der Waals surface area contributed by atoms with Crippen LogP contribution < -0.4 is 9.80 Å². The summed E-state index contributed by atoms with van der Waals surface area (Å²) >= 11 is 0. The number of rotatable bonds is 5. The van der Waals surface area contributed by atoms with Gasteiger partial charge < -0.3 is 24.2 Å². The summed E-state index contributed by atoms with van der Waals surface area (Å²) in [6.45, 7) is 2.45. The monoisotopic (exact) mass is 439 g/mol. The third-order valence-electron chi connectivity index (χ3n) is 5.84. The predicted molar refractivity (Wildman–Crippen MR) is 105 cm³/mol. The summed E-state index contributed by atoms with van der Waals surface area (Å²) in [6, 6.07) is 4.53. The van der Waals surface area contributed by atoms with E-state index in [1.54, 1.807) is 12.1 Å². The van der Waals surface area contributed by atoms with Crippen molar-refractivity contribution in [3.8, 4) is 0 Å². The summed E-state index contributed by atoms with van der Waals surface area (Å²) in [5.41, 5.74) is 0.750. The van der Waals surface area contributed by atoms with E-state index in [1.807, 2.05) is 4.90 Å². The summed E-state index contributed by atoms with van der Waals surface area (Å²) in [6.07, 6.45) is -0.586. The molecule has 3 fully saturated rings. The first-order valence-corrected chi connectivity index (χ1v) is 10.2. The molecule has 0 radical (unpaired) electrons. The average molecular weight is 439 g/mol. The number of ether oxygens (including phenoxy) is 3. The van der Waals surface area contributed by atoms with Crippen LogP contribution in [-0.4, -0.2) is 84.8 Å². The Hall–Kier alpha value is -2.47. The number of halogens is 1. The van der Waals surface area contributed by atoms with E-state index in [4.69, 9.17) is 14.2 Å². The zero-order valence-corrected chi connectivity index (χ0v) is 17.2. The lowest BCUT2D eigenvalue weighted by Crippen LogP contribution is -2.46. The van der Waals surface area contributed by atoms with E-state index < -0.39 is 29.7 Å². The molecule has 0 aliphatic carbocycles. The van der Waals surface area contributed by atoms with E-state index in [0.29, 0.717) is 49.0 Å². The third kappa shape index (κ3) is 4.45. The Morgan fingerprint density at radius 3 is 2.68 bits per heavy atom. The van der Waals surface area contributed by atoms with Gasteiger partial charge >= 0.3 is 6.09 Å². The van der Waals surface area contributed by atoms with Crippen molar-refractivity contribution in [2.24, 2.45) is 0 Å². The largest absolute Gasteiger partial charge is 0.442 e. The number of anilines is 2. The maximum Gasteiger partial charge on any atom is 0.414 e. The van der Waals surface area contributed by atoms with Crippen molar-refractivity contribution in [3.63, 3.8) is 0 Å². The SMILES string of the molecule is CC(=O)N(O)C[C@@H]1CN(c2ccc(N3CCC4(CC3)OCC(CO)O4)c(F)c2)C(=O)O1. The van der Waals surface area contributed by atoms with E-state index in [0.717, 1.165) is 0 Å². The van der Waals surface area contributed by atoms with Crippen molar-refractivity contribution in [3.05, 3.63) is 24.0 Å². The maximum absolute atomic E-state index is 14.9. The standard InChI is InChI=1S/C20H26FN3O7/c1-13(26)24(28)10-15-9-23(19(27)30-15)14-2-3-18(17(21)8-14)22-6-4-20(5-7-22)29-12-16(11-25)31-20/h2-3,8,15-16,25,28H,4-7,9-12H2,1H3/t15-,16?/m0/s1. The summed E-state index contributed by atoms with van der Waals surface area (Å²) in [4.78, 5) is 26.5. The van der Waals surface area contributed by atoms with Gasteiger partial charge in [-0.2, -0.15) is 0 Å². The third-order valence-corrected chi connectivity index (χ3v) is 5.84. The number of aliphatic hydroxyl groups excluding tert-OH is 1. The highest BCUT2D eigenvalue weighted by atomic mass is 19.1. The number of piperidine rings is 1. The number of nitrogens with zero attached hydrogens (tertiary/aromatic N) is 3. The van der Waals surface area contributed by atoms with Gasteiger partial charge in [-0.3, -0.25) is 14.9 Å². The second kappa shape index (κ2) is 8.58. The van der Waals surface area contributed by atoms with Crippen molar-refractivity contribution >= 4 is 23.4 Å². The van der Waals surface area contributed by atoms with Gasteiger partial charge in [-0.15, -0.1) is 0 Å². The number of cyclic esters (lactones) is 1. The molecule has 11 heteroatoms. The molecule has 2 amide bonds. The molecule has 1 aromatic carbocycles. The minimum Gasteiger partial charge on any atom is -0.442 e. The molecule has 3 heterocycles. The lowest BCUT2D eigenvalue weighted by molar-refractivity contribution is -0.183. The van der Waals surface area contributed by atoms with E-state index in [2.05, 4.69) is 0 Å². The molecule has 0 bridgehead atoms. The van der Waals surface area contributed by atoms with Crippen LogP contribution in [0.4, 0.5) is 20.6 Å². The van der Waals surface area contributed by atoms with Gasteiger partial charge in [0.2, 0.25) is 5.91 Å². The highest BCUT2D eigenvalue weighted by Crippen LogP contribution is 2.37. The fourth-order valence-electron chi connectivity index (χ4n) is 4.13. The van der Waals surface area contributed by atoms with Gasteiger partial charge in [0.05, 0.1) is 37.7 Å². The Bertz CT molecular complexity index is 846. The molecule has 2 atom stereocenters. The van der Waals surface area contributed by atoms with Crippen molar-refractivity contribution in [2.75, 3.05) is 49.2 Å². The molecule has 10 nitrogen and oxygen atoms in total. The van der Waals surface area contributed by atoms with Gasteiger partial charge in [-0.05, 0) is 18.2 Å². The van der Waals surface area contributed by atoms with Gasteiger partial charge in [-0.25, -0.2) is 14.2 Å². The molecule has 170 valence electrons. The molecule has 2 N–H and O–H groups in total. The van der Waals surface area contributed by atoms with Crippen molar-refractivity contribution in [1.29, 1.82) is 0 Å². The van der Waals surface area contributed by atoms with Crippen LogP contribution >= 0.6 is 0 Å². The number of carbonyl (C=O) groups is 2. The van der Waals surface area contributed by atoms with Gasteiger partial charge in [0.25, 0.3) is 0 Å². The zero-order chi connectivity index (χ0) is 22.2. The Kier molecular flexibility index (Phi) is 6.02. The van der Waals surface area contributed by atoms with E-state index >= 15 is 0 Å². The molecule has 4 rings (SSSR count). The van der Waals surface area contributed by atoms with Crippen LogP contribution in [0.2, 0.25) is 0 Å². The molecule has 3 saturated heterocycles. The molecule has 31 heavy (non-hydrogen) atoms. The fourth-order valence-corrected chi connectivity index (χ4v) is 4.13. The van der Waals surface area contributed by atoms with Crippen LogP contribution in [0, 0.1) is 5.82 Å². The molecule has 0 saturated carbocycles. The van der Waals surface area contributed by atoms with Crippen LogP contribution in [0.5, 0.6) is 0 Å². The number of hydrogen-bond acceptors (Lipinski definition) is 8. The molecule has 0 aromatic heterocycles. The minimum absolute atomic E-state index is 0.0908. The lowest BCUT2D eigenvalue weighted by atomic mass is 10.0. The Balaban J connectivity index is 1.39. The number of aliphatic hydroxyl groups is 1. The van der Waals surface area contributed by atoms with Crippen LogP contribution in [0.25, 0.3) is 0 Å². The molecule has 3 aliphatic rings. The average Bonchev–Trinajstić information content (AvgIpc) is 3.32. The number of hydroxylamine groups is 2. The van der Waals surface area contributed by atoms with Crippen LogP contribution in [-0.2, 0) is 19.0 Å². The summed E-state index contributed by atoms with van der Waals surface area (Å²) < 4.78 is 31.6. The number of amides is 2. The highest BCUT2D eigenvalue weighted by Gasteiger charge is 2.44. The van der Waals surface area contributed by atoms with Crippen LogP contribution in [0.1, 0.15) is 19.8 Å². The Labute approximate surface area is 178 Å². The molecular weight excluding hydrogens is 413 g/mol. The van der Waals surface area contributed by atoms with E-state index in [-0.39, 0.29) is 25.8 Å². The van der Waals surface area contributed by atoms with Crippen LogP contribution in [0.3, 0.4) is 0 Å². The molecule has 1 spiro atoms. The van der Waals surface area contributed by atoms with Gasteiger partial charge in [0.1, 0.15) is 18.0 Å². The maximum atomic E-state index is 14.9. The second-order valence-corrected chi connectivity index (χ2v) is 7.98. The lowest BCUT2D eigenvalue weighted by Gasteiger charge is -2.39. The highest BCUT2D eigenvalue weighted by molar-refractivity contribution is 5.90. The van der Waals surface area contributed by atoms with Crippen molar-refractivity contribution < 1.29 is 38.5 Å². The van der Waals surface area contributed by atoms with Crippen molar-refractivity contribution in [2.45, 2.75) is 37.8 Å². The number of hydrogen-bond donors (Lipinski definition) is 2. The molecule has 3 aliphatic heterocycles. The Morgan fingerprint density at radius 1 is 1.32 bits per heavy atom. The van der Waals surface area contributed by atoms with Gasteiger partial charge in [0.15, 0.2) is 5.79 Å².